The van der Waals surface area contributed by atoms with Gasteiger partial charge in [0.1, 0.15) is 6.61 Å². The van der Waals surface area contributed by atoms with Gasteiger partial charge in [-0.15, -0.1) is 0 Å². The Morgan fingerprint density at radius 1 is 1.38 bits per heavy atom. The summed E-state index contributed by atoms with van der Waals surface area (Å²) in [6.07, 6.45) is 2.05. The second kappa shape index (κ2) is 10.1. The quantitative estimate of drug-likeness (QED) is 0.731. The number of nitrogens with zero attached hydrogens (tertiary/aromatic N) is 1. The number of nitrogens with one attached hydrogen (secondary N) is 1. The molecule has 0 aromatic heterocycles. The maximum absolute atomic E-state index is 11.9. The van der Waals surface area contributed by atoms with Crippen LogP contribution in [0, 0.1) is 0 Å². The van der Waals surface area contributed by atoms with Crippen LogP contribution in [0.2, 0.25) is 0 Å². The normalized spacial score (nSPS) is 17.8. The molecule has 1 aliphatic rings. The van der Waals surface area contributed by atoms with Crippen LogP contribution >= 0.6 is 0 Å². The van der Waals surface area contributed by atoms with Gasteiger partial charge in [-0.05, 0) is 18.4 Å². The van der Waals surface area contributed by atoms with Gasteiger partial charge in [-0.2, -0.15) is 0 Å². The fraction of sp³-hybridized carbons (Fsp3) is 0.556. The van der Waals surface area contributed by atoms with Gasteiger partial charge in [-0.3, -0.25) is 9.59 Å². The van der Waals surface area contributed by atoms with Gasteiger partial charge in [0.15, 0.2) is 0 Å². The number of benzene rings is 1. The number of rotatable bonds is 9. The van der Waals surface area contributed by atoms with E-state index in [0.717, 1.165) is 12.8 Å². The molecule has 1 aromatic rings. The van der Waals surface area contributed by atoms with Gasteiger partial charge in [0, 0.05) is 33.2 Å². The minimum atomic E-state index is -0.155. The van der Waals surface area contributed by atoms with Crippen LogP contribution in [0.1, 0.15) is 18.4 Å². The van der Waals surface area contributed by atoms with Crippen LogP contribution in [0.5, 0.6) is 0 Å². The summed E-state index contributed by atoms with van der Waals surface area (Å²) in [6, 6.07) is 10.1. The van der Waals surface area contributed by atoms with Crippen molar-refractivity contribution in [2.24, 2.45) is 0 Å². The van der Waals surface area contributed by atoms with Crippen LogP contribution in [0.3, 0.4) is 0 Å². The maximum atomic E-state index is 11.9. The highest BCUT2D eigenvalue weighted by atomic mass is 16.5. The minimum absolute atomic E-state index is 0.0230. The van der Waals surface area contributed by atoms with E-state index in [1.54, 1.807) is 12.0 Å². The lowest BCUT2D eigenvalue weighted by atomic mass is 10.1. The summed E-state index contributed by atoms with van der Waals surface area (Å²) in [4.78, 5) is 25.4. The van der Waals surface area contributed by atoms with E-state index in [1.165, 1.54) is 5.56 Å². The molecule has 0 aliphatic carbocycles. The first-order valence-corrected chi connectivity index (χ1v) is 8.38. The predicted octanol–water partition coefficient (Wildman–Crippen LogP) is 0.999. The smallest absolute Gasteiger partial charge is 0.248 e. The van der Waals surface area contributed by atoms with Gasteiger partial charge in [0.05, 0.1) is 12.7 Å². The van der Waals surface area contributed by atoms with Crippen LogP contribution < -0.4 is 5.32 Å². The third-order valence-electron chi connectivity index (χ3n) is 4.02. The SMILES string of the molecule is COCCN1CC(CNC(=O)CCCc2ccccc2)OCC1=O. The molecule has 1 fully saturated rings. The number of amides is 2. The lowest BCUT2D eigenvalue weighted by Gasteiger charge is -2.32. The number of morpholine rings is 1. The van der Waals surface area contributed by atoms with Gasteiger partial charge in [-0.1, -0.05) is 30.3 Å². The predicted molar refractivity (Wildman–Crippen MR) is 90.6 cm³/mol. The third kappa shape index (κ3) is 6.29. The number of aryl methyl sites for hydroxylation is 1. The Morgan fingerprint density at radius 3 is 2.92 bits per heavy atom. The van der Waals surface area contributed by atoms with Crippen molar-refractivity contribution in [3.63, 3.8) is 0 Å². The van der Waals surface area contributed by atoms with E-state index in [4.69, 9.17) is 9.47 Å². The number of carbonyl (C=O) groups is 2. The molecule has 132 valence electrons. The Balaban J connectivity index is 1.63. The monoisotopic (exact) mass is 334 g/mol. The number of carbonyl (C=O) groups excluding carboxylic acids is 2. The van der Waals surface area contributed by atoms with Crippen LogP contribution in [-0.4, -0.2) is 62.8 Å². The van der Waals surface area contributed by atoms with Crippen molar-refractivity contribution in [2.75, 3.05) is 40.0 Å². The van der Waals surface area contributed by atoms with E-state index >= 15 is 0 Å². The van der Waals surface area contributed by atoms with Crippen LogP contribution in [0.15, 0.2) is 30.3 Å². The van der Waals surface area contributed by atoms with Crippen molar-refractivity contribution < 1.29 is 19.1 Å². The zero-order chi connectivity index (χ0) is 17.2. The number of hydrogen-bond donors (Lipinski definition) is 1. The van der Waals surface area contributed by atoms with Crippen molar-refractivity contribution in [1.29, 1.82) is 0 Å². The molecule has 6 nitrogen and oxygen atoms in total. The molecule has 0 saturated carbocycles. The Labute approximate surface area is 143 Å². The second-order valence-electron chi connectivity index (χ2n) is 5.91. The molecule has 1 aliphatic heterocycles. The average molecular weight is 334 g/mol. The van der Waals surface area contributed by atoms with E-state index in [9.17, 15) is 9.59 Å². The second-order valence-corrected chi connectivity index (χ2v) is 5.91. The van der Waals surface area contributed by atoms with E-state index in [2.05, 4.69) is 17.4 Å². The fourth-order valence-corrected chi connectivity index (χ4v) is 2.64. The van der Waals surface area contributed by atoms with E-state index in [-0.39, 0.29) is 24.5 Å². The molecule has 0 radical (unpaired) electrons. The van der Waals surface area contributed by atoms with E-state index in [0.29, 0.717) is 32.7 Å². The number of ether oxygens (including phenoxy) is 2. The van der Waals surface area contributed by atoms with Gasteiger partial charge < -0.3 is 19.7 Å². The first-order chi connectivity index (χ1) is 11.7. The third-order valence-corrected chi connectivity index (χ3v) is 4.02. The molecule has 1 atom stereocenters. The molecule has 2 amide bonds. The Kier molecular flexibility index (Phi) is 7.71. The molecule has 0 spiro atoms. The molecule has 2 rings (SSSR count). The fourth-order valence-electron chi connectivity index (χ4n) is 2.64. The number of hydrogen-bond acceptors (Lipinski definition) is 4. The zero-order valence-electron chi connectivity index (χ0n) is 14.2. The molecule has 6 heteroatoms. The lowest BCUT2D eigenvalue weighted by Crippen LogP contribution is -2.51. The van der Waals surface area contributed by atoms with Gasteiger partial charge in [-0.25, -0.2) is 0 Å². The van der Waals surface area contributed by atoms with Crippen molar-refractivity contribution in [3.05, 3.63) is 35.9 Å². The molecule has 1 unspecified atom stereocenters. The van der Waals surface area contributed by atoms with Crippen molar-refractivity contribution in [1.82, 2.24) is 10.2 Å². The van der Waals surface area contributed by atoms with Crippen molar-refractivity contribution >= 4 is 11.8 Å². The first kappa shape index (κ1) is 18.4. The topological polar surface area (TPSA) is 67.9 Å². The molecule has 1 saturated heterocycles. The summed E-state index contributed by atoms with van der Waals surface area (Å²) >= 11 is 0. The molecule has 1 aromatic carbocycles. The summed E-state index contributed by atoms with van der Waals surface area (Å²) in [6.45, 7) is 2.05. The van der Waals surface area contributed by atoms with Crippen molar-refractivity contribution in [2.45, 2.75) is 25.4 Å². The van der Waals surface area contributed by atoms with Gasteiger partial charge in [0.25, 0.3) is 0 Å². The largest absolute Gasteiger partial charge is 0.383 e. The summed E-state index contributed by atoms with van der Waals surface area (Å²) in [5, 5.41) is 2.90. The molecular weight excluding hydrogens is 308 g/mol. The Hall–Kier alpha value is -1.92. The Morgan fingerprint density at radius 2 is 2.17 bits per heavy atom. The summed E-state index contributed by atoms with van der Waals surface area (Å²) in [5.74, 6) is -0.00707. The van der Waals surface area contributed by atoms with E-state index < -0.39 is 0 Å². The van der Waals surface area contributed by atoms with Crippen LogP contribution in [0.4, 0.5) is 0 Å². The first-order valence-electron chi connectivity index (χ1n) is 8.38. The maximum Gasteiger partial charge on any atom is 0.248 e. The highest BCUT2D eigenvalue weighted by Gasteiger charge is 2.26. The zero-order valence-corrected chi connectivity index (χ0v) is 14.2. The molecular formula is C18H26N2O4. The highest BCUT2D eigenvalue weighted by molar-refractivity contribution is 5.78. The van der Waals surface area contributed by atoms with Crippen molar-refractivity contribution in [3.8, 4) is 0 Å². The molecule has 0 bridgehead atoms. The Bertz CT molecular complexity index is 521. The summed E-state index contributed by atoms with van der Waals surface area (Å²) in [7, 11) is 1.61. The number of methoxy groups -OCH3 is 1. The molecule has 1 heterocycles. The lowest BCUT2D eigenvalue weighted by molar-refractivity contribution is -0.149. The minimum Gasteiger partial charge on any atom is -0.383 e. The van der Waals surface area contributed by atoms with Gasteiger partial charge in [0.2, 0.25) is 11.8 Å². The van der Waals surface area contributed by atoms with Gasteiger partial charge >= 0.3 is 0 Å². The summed E-state index contributed by atoms with van der Waals surface area (Å²) < 4.78 is 10.5. The molecule has 24 heavy (non-hydrogen) atoms. The van der Waals surface area contributed by atoms with E-state index in [1.807, 2.05) is 18.2 Å². The van der Waals surface area contributed by atoms with Crippen LogP contribution in [-0.2, 0) is 25.5 Å². The van der Waals surface area contributed by atoms with Crippen LogP contribution in [0.25, 0.3) is 0 Å². The highest BCUT2D eigenvalue weighted by Crippen LogP contribution is 2.07. The standard InChI is InChI=1S/C18H26N2O4/c1-23-11-10-20-13-16(24-14-18(20)22)12-19-17(21)9-5-8-15-6-3-2-4-7-15/h2-4,6-7,16H,5,8-14H2,1H3,(H,19,21). The summed E-state index contributed by atoms with van der Waals surface area (Å²) in [5.41, 5.74) is 1.24. The molecule has 1 N–H and O–H groups in total. The average Bonchev–Trinajstić information content (AvgIpc) is 2.61.